The molecule has 1 aromatic heterocycles. The van der Waals surface area contributed by atoms with Crippen LogP contribution >= 0.6 is 0 Å². The minimum absolute atomic E-state index is 0.360. The summed E-state index contributed by atoms with van der Waals surface area (Å²) >= 11 is 0. The lowest BCUT2D eigenvalue weighted by Crippen LogP contribution is -2.21. The van der Waals surface area contributed by atoms with Crippen LogP contribution in [0.4, 0.5) is 0 Å². The summed E-state index contributed by atoms with van der Waals surface area (Å²) in [5, 5.41) is 7.83. The van der Waals surface area contributed by atoms with Crippen molar-refractivity contribution in [2.75, 3.05) is 6.54 Å². The summed E-state index contributed by atoms with van der Waals surface area (Å²) in [4.78, 5) is 0. The first kappa shape index (κ1) is 11.0. The van der Waals surface area contributed by atoms with E-state index in [1.165, 1.54) is 0 Å². The van der Waals surface area contributed by atoms with Crippen molar-refractivity contribution >= 4 is 0 Å². The van der Waals surface area contributed by atoms with Gasteiger partial charge in [0, 0.05) is 13.2 Å². The van der Waals surface area contributed by atoms with Gasteiger partial charge in [-0.1, -0.05) is 13.0 Å². The molecule has 0 radical (unpaired) electrons. The molecule has 0 amide bonds. The van der Waals surface area contributed by atoms with Gasteiger partial charge in [-0.15, -0.1) is 6.58 Å². The number of hydrogen-bond acceptors (Lipinski definition) is 2. The average molecular weight is 193 g/mol. The maximum absolute atomic E-state index is 4.40. The minimum Gasteiger partial charge on any atom is -0.309 e. The summed E-state index contributed by atoms with van der Waals surface area (Å²) in [5.41, 5.74) is 1.12. The molecule has 0 aliphatic carbocycles. The van der Waals surface area contributed by atoms with Crippen molar-refractivity contribution in [3.63, 3.8) is 0 Å². The molecule has 1 N–H and O–H groups in total. The van der Waals surface area contributed by atoms with Crippen LogP contribution in [0.1, 0.15) is 31.5 Å². The fourth-order valence-corrected chi connectivity index (χ4v) is 1.50. The van der Waals surface area contributed by atoms with Gasteiger partial charge in [-0.2, -0.15) is 5.10 Å². The number of hydrogen-bond donors (Lipinski definition) is 1. The molecule has 3 heteroatoms. The minimum atomic E-state index is 0.360. The predicted molar refractivity (Wildman–Crippen MR) is 59.1 cm³/mol. The van der Waals surface area contributed by atoms with Crippen LogP contribution in [0.5, 0.6) is 0 Å². The summed E-state index contributed by atoms with van der Waals surface area (Å²) in [6.45, 7) is 6.82. The van der Waals surface area contributed by atoms with Gasteiger partial charge in [0.05, 0.1) is 11.7 Å². The fraction of sp³-hybridized carbons (Fsp3) is 0.545. The molecule has 1 atom stereocenters. The molecular formula is C11H19N3. The SMILES string of the molecule is C=CCCC(NCC)c1ccn(C)n1. The standard InChI is InChI=1S/C11H19N3/c1-4-6-7-10(12-5-2)11-8-9-14(3)13-11/h4,8-10,12H,1,5-7H2,2-3H3. The number of allylic oxidation sites excluding steroid dienone is 1. The van der Waals surface area contributed by atoms with Gasteiger partial charge in [-0.25, -0.2) is 0 Å². The molecule has 0 aromatic carbocycles. The molecular weight excluding hydrogens is 174 g/mol. The van der Waals surface area contributed by atoms with Crippen molar-refractivity contribution in [2.45, 2.75) is 25.8 Å². The Morgan fingerprint density at radius 2 is 2.50 bits per heavy atom. The molecule has 1 rings (SSSR count). The van der Waals surface area contributed by atoms with Crippen LogP contribution in [0.25, 0.3) is 0 Å². The van der Waals surface area contributed by atoms with E-state index in [9.17, 15) is 0 Å². The molecule has 0 aliphatic rings. The molecule has 0 bridgehead atoms. The van der Waals surface area contributed by atoms with Gasteiger partial charge >= 0.3 is 0 Å². The highest BCUT2D eigenvalue weighted by atomic mass is 15.3. The van der Waals surface area contributed by atoms with Gasteiger partial charge < -0.3 is 5.32 Å². The lowest BCUT2D eigenvalue weighted by atomic mass is 10.1. The van der Waals surface area contributed by atoms with Crippen LogP contribution in [0.2, 0.25) is 0 Å². The van der Waals surface area contributed by atoms with Crippen molar-refractivity contribution in [3.05, 3.63) is 30.6 Å². The molecule has 3 nitrogen and oxygen atoms in total. The largest absolute Gasteiger partial charge is 0.309 e. The Bertz CT molecular complexity index is 278. The molecule has 1 unspecified atom stereocenters. The van der Waals surface area contributed by atoms with Crippen LogP contribution in [0.15, 0.2) is 24.9 Å². The topological polar surface area (TPSA) is 29.9 Å². The Hall–Kier alpha value is -1.09. The maximum Gasteiger partial charge on any atom is 0.0793 e. The Labute approximate surface area is 85.8 Å². The first-order valence-corrected chi connectivity index (χ1v) is 5.11. The summed E-state index contributed by atoms with van der Waals surface area (Å²) in [5.74, 6) is 0. The fourth-order valence-electron chi connectivity index (χ4n) is 1.50. The number of nitrogens with zero attached hydrogens (tertiary/aromatic N) is 2. The quantitative estimate of drug-likeness (QED) is 0.701. The van der Waals surface area contributed by atoms with Crippen LogP contribution in [0.3, 0.4) is 0 Å². The van der Waals surface area contributed by atoms with Gasteiger partial charge in [-0.05, 0) is 25.5 Å². The lowest BCUT2D eigenvalue weighted by molar-refractivity contribution is 0.501. The highest BCUT2D eigenvalue weighted by molar-refractivity contribution is 5.05. The van der Waals surface area contributed by atoms with Gasteiger partial charge in [0.15, 0.2) is 0 Å². The third kappa shape index (κ3) is 3.00. The first-order valence-electron chi connectivity index (χ1n) is 5.11. The van der Waals surface area contributed by atoms with Crippen LogP contribution in [0, 0.1) is 0 Å². The van der Waals surface area contributed by atoms with E-state index in [0.717, 1.165) is 25.1 Å². The summed E-state index contributed by atoms with van der Waals surface area (Å²) in [6.07, 6.45) is 6.02. The maximum atomic E-state index is 4.40. The highest BCUT2D eigenvalue weighted by Gasteiger charge is 2.11. The smallest absolute Gasteiger partial charge is 0.0793 e. The Morgan fingerprint density at radius 3 is 3.00 bits per heavy atom. The predicted octanol–water partition coefficient (Wildman–Crippen LogP) is 2.04. The van der Waals surface area contributed by atoms with Gasteiger partial charge in [-0.3, -0.25) is 4.68 Å². The Kier molecular flexibility index (Phi) is 4.40. The normalized spacial score (nSPS) is 12.7. The second-order valence-corrected chi connectivity index (χ2v) is 3.39. The lowest BCUT2D eigenvalue weighted by Gasteiger charge is -2.14. The first-order chi connectivity index (χ1) is 6.77. The molecule has 0 saturated heterocycles. The van der Waals surface area contributed by atoms with E-state index in [4.69, 9.17) is 0 Å². The van der Waals surface area contributed by atoms with Crippen molar-refractivity contribution in [2.24, 2.45) is 7.05 Å². The van der Waals surface area contributed by atoms with Gasteiger partial charge in [0.2, 0.25) is 0 Å². The van der Waals surface area contributed by atoms with E-state index in [-0.39, 0.29) is 0 Å². The Morgan fingerprint density at radius 1 is 1.71 bits per heavy atom. The zero-order valence-electron chi connectivity index (χ0n) is 9.03. The van der Waals surface area contributed by atoms with Crippen molar-refractivity contribution in [1.29, 1.82) is 0 Å². The molecule has 78 valence electrons. The van der Waals surface area contributed by atoms with E-state index >= 15 is 0 Å². The zero-order valence-corrected chi connectivity index (χ0v) is 9.03. The second-order valence-electron chi connectivity index (χ2n) is 3.39. The van der Waals surface area contributed by atoms with E-state index < -0.39 is 0 Å². The Balaban J connectivity index is 2.61. The van der Waals surface area contributed by atoms with Crippen molar-refractivity contribution < 1.29 is 0 Å². The number of nitrogens with one attached hydrogen (secondary N) is 1. The number of aromatic nitrogens is 2. The molecule has 1 aromatic rings. The van der Waals surface area contributed by atoms with Crippen LogP contribution in [-0.4, -0.2) is 16.3 Å². The zero-order chi connectivity index (χ0) is 10.4. The van der Waals surface area contributed by atoms with Crippen molar-refractivity contribution in [3.8, 4) is 0 Å². The average Bonchev–Trinajstić information content (AvgIpc) is 2.59. The highest BCUT2D eigenvalue weighted by Crippen LogP contribution is 2.16. The molecule has 0 spiro atoms. The molecule has 0 saturated carbocycles. The molecule has 14 heavy (non-hydrogen) atoms. The molecule has 0 aliphatic heterocycles. The summed E-state index contributed by atoms with van der Waals surface area (Å²) in [7, 11) is 1.94. The molecule has 0 fully saturated rings. The molecule has 1 heterocycles. The van der Waals surface area contributed by atoms with Crippen LogP contribution in [-0.2, 0) is 7.05 Å². The monoisotopic (exact) mass is 193 g/mol. The number of rotatable bonds is 6. The van der Waals surface area contributed by atoms with E-state index in [1.54, 1.807) is 0 Å². The van der Waals surface area contributed by atoms with E-state index in [2.05, 4.69) is 30.0 Å². The van der Waals surface area contributed by atoms with Gasteiger partial charge in [0.1, 0.15) is 0 Å². The second kappa shape index (κ2) is 5.60. The third-order valence-electron chi connectivity index (χ3n) is 2.20. The third-order valence-corrected chi connectivity index (χ3v) is 2.20. The van der Waals surface area contributed by atoms with Crippen LogP contribution < -0.4 is 5.32 Å². The summed E-state index contributed by atoms with van der Waals surface area (Å²) < 4.78 is 1.84. The number of aryl methyl sites for hydroxylation is 1. The van der Waals surface area contributed by atoms with Gasteiger partial charge in [0.25, 0.3) is 0 Å². The van der Waals surface area contributed by atoms with E-state index in [0.29, 0.717) is 6.04 Å². The summed E-state index contributed by atoms with van der Waals surface area (Å²) in [6, 6.07) is 2.43. The van der Waals surface area contributed by atoms with Crippen molar-refractivity contribution in [1.82, 2.24) is 15.1 Å². The van der Waals surface area contributed by atoms with E-state index in [1.807, 2.05) is 24.0 Å².